The van der Waals surface area contributed by atoms with Gasteiger partial charge < -0.3 is 15.2 Å². The Morgan fingerprint density at radius 3 is 2.59 bits per heavy atom. The third kappa shape index (κ3) is 8.23. The SMILES string of the molecule is CC(C)CCC[C@H](C)NC[C@H](O)COc1cc(Cl)ccc1Cl. The van der Waals surface area contributed by atoms with Crippen molar-refractivity contribution >= 4 is 23.2 Å². The van der Waals surface area contributed by atoms with E-state index in [4.69, 9.17) is 27.9 Å². The lowest BCUT2D eigenvalue weighted by atomic mass is 10.0. The van der Waals surface area contributed by atoms with Crippen LogP contribution in [0.15, 0.2) is 18.2 Å². The first-order chi connectivity index (χ1) is 10.4. The first kappa shape index (κ1) is 19.6. The molecular weight excluding hydrogens is 321 g/mol. The molecule has 126 valence electrons. The molecule has 0 spiro atoms. The van der Waals surface area contributed by atoms with Gasteiger partial charge in [0.15, 0.2) is 0 Å². The maximum absolute atomic E-state index is 9.97. The zero-order valence-electron chi connectivity index (χ0n) is 13.6. The summed E-state index contributed by atoms with van der Waals surface area (Å²) in [6.07, 6.45) is 2.98. The summed E-state index contributed by atoms with van der Waals surface area (Å²) in [5.41, 5.74) is 0. The fourth-order valence-electron chi connectivity index (χ4n) is 2.10. The number of aliphatic hydroxyl groups excluding tert-OH is 1. The average molecular weight is 348 g/mol. The summed E-state index contributed by atoms with van der Waals surface area (Å²) in [5, 5.41) is 14.4. The molecule has 0 aliphatic heterocycles. The van der Waals surface area contributed by atoms with Crippen molar-refractivity contribution in [2.45, 2.75) is 52.2 Å². The number of rotatable bonds is 10. The van der Waals surface area contributed by atoms with Crippen molar-refractivity contribution in [1.29, 1.82) is 0 Å². The average Bonchev–Trinajstić information content (AvgIpc) is 2.45. The van der Waals surface area contributed by atoms with E-state index < -0.39 is 6.10 Å². The number of nitrogens with one attached hydrogen (secondary N) is 1. The summed E-state index contributed by atoms with van der Waals surface area (Å²) in [5.74, 6) is 1.24. The molecule has 0 aromatic heterocycles. The second-order valence-corrected chi connectivity index (χ2v) is 7.02. The molecule has 1 aromatic rings. The van der Waals surface area contributed by atoms with E-state index in [0.717, 1.165) is 12.3 Å². The van der Waals surface area contributed by atoms with Crippen molar-refractivity contribution in [2.24, 2.45) is 5.92 Å². The molecular formula is C17H27Cl2NO2. The summed E-state index contributed by atoms with van der Waals surface area (Å²) in [7, 11) is 0. The quantitative estimate of drug-likeness (QED) is 0.652. The summed E-state index contributed by atoms with van der Waals surface area (Å²) < 4.78 is 5.52. The number of ether oxygens (including phenoxy) is 1. The molecule has 0 unspecified atom stereocenters. The first-order valence-corrected chi connectivity index (χ1v) is 8.63. The fourth-order valence-corrected chi connectivity index (χ4v) is 2.44. The van der Waals surface area contributed by atoms with E-state index in [1.807, 2.05) is 0 Å². The lowest BCUT2D eigenvalue weighted by molar-refractivity contribution is 0.104. The highest BCUT2D eigenvalue weighted by Gasteiger charge is 2.10. The molecule has 1 aromatic carbocycles. The first-order valence-electron chi connectivity index (χ1n) is 7.87. The standard InChI is InChI=1S/C17H27Cl2NO2/c1-12(2)5-4-6-13(3)20-10-15(21)11-22-17-9-14(18)7-8-16(17)19/h7-9,12-13,15,20-21H,4-6,10-11H2,1-3H3/t13-,15-/m0/s1. The van der Waals surface area contributed by atoms with Crippen LogP contribution >= 0.6 is 23.2 Å². The van der Waals surface area contributed by atoms with Gasteiger partial charge in [0.2, 0.25) is 0 Å². The normalized spacial score (nSPS) is 14.1. The minimum absolute atomic E-state index is 0.186. The number of hydrogen-bond donors (Lipinski definition) is 2. The van der Waals surface area contributed by atoms with Crippen molar-refractivity contribution in [3.05, 3.63) is 28.2 Å². The Bertz CT molecular complexity index is 441. The van der Waals surface area contributed by atoms with Crippen LogP contribution in [0.3, 0.4) is 0 Å². The Kier molecular flexibility index (Phi) is 9.18. The van der Waals surface area contributed by atoms with Crippen LogP contribution in [-0.4, -0.2) is 30.4 Å². The molecule has 5 heteroatoms. The lowest BCUT2D eigenvalue weighted by Gasteiger charge is -2.18. The van der Waals surface area contributed by atoms with Gasteiger partial charge in [-0.25, -0.2) is 0 Å². The molecule has 1 rings (SSSR count). The minimum Gasteiger partial charge on any atom is -0.489 e. The van der Waals surface area contributed by atoms with Crippen LogP contribution in [0.25, 0.3) is 0 Å². The fraction of sp³-hybridized carbons (Fsp3) is 0.647. The Labute approximate surface area is 144 Å². The van der Waals surface area contributed by atoms with Crippen LogP contribution in [0, 0.1) is 5.92 Å². The Morgan fingerprint density at radius 2 is 1.91 bits per heavy atom. The second-order valence-electron chi connectivity index (χ2n) is 6.17. The Morgan fingerprint density at radius 1 is 1.18 bits per heavy atom. The van der Waals surface area contributed by atoms with Crippen LogP contribution in [0.1, 0.15) is 40.0 Å². The van der Waals surface area contributed by atoms with Gasteiger partial charge in [-0.3, -0.25) is 0 Å². The van der Waals surface area contributed by atoms with Crippen molar-refractivity contribution in [3.8, 4) is 5.75 Å². The molecule has 22 heavy (non-hydrogen) atoms. The highest BCUT2D eigenvalue weighted by Crippen LogP contribution is 2.27. The van der Waals surface area contributed by atoms with E-state index in [-0.39, 0.29) is 6.61 Å². The van der Waals surface area contributed by atoms with Gasteiger partial charge in [0.25, 0.3) is 0 Å². The van der Waals surface area contributed by atoms with Gasteiger partial charge in [-0.15, -0.1) is 0 Å². The molecule has 0 fully saturated rings. The van der Waals surface area contributed by atoms with Crippen molar-refractivity contribution in [1.82, 2.24) is 5.32 Å². The van der Waals surface area contributed by atoms with Gasteiger partial charge in [0, 0.05) is 23.7 Å². The molecule has 0 heterocycles. The molecule has 0 bridgehead atoms. The molecule has 0 aliphatic rings. The molecule has 2 atom stereocenters. The topological polar surface area (TPSA) is 41.5 Å². The highest BCUT2D eigenvalue weighted by atomic mass is 35.5. The van der Waals surface area contributed by atoms with Gasteiger partial charge in [-0.1, -0.05) is 49.9 Å². The van der Waals surface area contributed by atoms with Gasteiger partial charge in [-0.2, -0.15) is 0 Å². The van der Waals surface area contributed by atoms with Crippen molar-refractivity contribution < 1.29 is 9.84 Å². The second kappa shape index (κ2) is 10.3. The highest BCUT2D eigenvalue weighted by molar-refractivity contribution is 6.34. The van der Waals surface area contributed by atoms with Crippen LogP contribution in [0.5, 0.6) is 5.75 Å². The monoisotopic (exact) mass is 347 g/mol. The van der Waals surface area contributed by atoms with Gasteiger partial charge >= 0.3 is 0 Å². The maximum atomic E-state index is 9.97. The predicted molar refractivity (Wildman–Crippen MR) is 94.1 cm³/mol. The molecule has 0 saturated heterocycles. The van der Waals surface area contributed by atoms with Crippen LogP contribution in [-0.2, 0) is 0 Å². The number of halogens is 2. The summed E-state index contributed by atoms with van der Waals surface area (Å²) in [6.45, 7) is 7.30. The minimum atomic E-state index is -0.581. The van der Waals surface area contributed by atoms with Crippen molar-refractivity contribution in [2.75, 3.05) is 13.2 Å². The Hall–Kier alpha value is -0.480. The van der Waals surface area contributed by atoms with E-state index in [1.54, 1.807) is 18.2 Å². The van der Waals surface area contributed by atoms with E-state index in [9.17, 15) is 5.11 Å². The zero-order chi connectivity index (χ0) is 16.5. The molecule has 0 saturated carbocycles. The van der Waals surface area contributed by atoms with E-state index in [0.29, 0.717) is 28.4 Å². The van der Waals surface area contributed by atoms with E-state index in [2.05, 4.69) is 26.1 Å². The van der Waals surface area contributed by atoms with Crippen molar-refractivity contribution in [3.63, 3.8) is 0 Å². The molecule has 0 amide bonds. The predicted octanol–water partition coefficient (Wildman–Crippen LogP) is 4.54. The van der Waals surface area contributed by atoms with Crippen LogP contribution in [0.4, 0.5) is 0 Å². The third-order valence-corrected chi connectivity index (χ3v) is 3.99. The largest absolute Gasteiger partial charge is 0.489 e. The lowest BCUT2D eigenvalue weighted by Crippen LogP contribution is -2.36. The van der Waals surface area contributed by atoms with E-state index >= 15 is 0 Å². The van der Waals surface area contributed by atoms with Gasteiger partial charge in [-0.05, 0) is 31.4 Å². The van der Waals surface area contributed by atoms with Crippen LogP contribution < -0.4 is 10.1 Å². The molecule has 2 N–H and O–H groups in total. The number of aliphatic hydroxyl groups is 1. The molecule has 0 radical (unpaired) electrons. The maximum Gasteiger partial charge on any atom is 0.139 e. The number of hydrogen-bond acceptors (Lipinski definition) is 3. The van der Waals surface area contributed by atoms with Gasteiger partial charge in [0.1, 0.15) is 18.5 Å². The number of benzene rings is 1. The third-order valence-electron chi connectivity index (χ3n) is 3.45. The molecule has 3 nitrogen and oxygen atoms in total. The summed E-state index contributed by atoms with van der Waals surface area (Å²) >= 11 is 11.9. The van der Waals surface area contributed by atoms with E-state index in [1.165, 1.54) is 12.8 Å². The smallest absolute Gasteiger partial charge is 0.139 e. The van der Waals surface area contributed by atoms with Gasteiger partial charge in [0.05, 0.1) is 5.02 Å². The summed E-state index contributed by atoms with van der Waals surface area (Å²) in [6, 6.07) is 5.43. The Balaban J connectivity index is 2.23. The summed E-state index contributed by atoms with van der Waals surface area (Å²) in [4.78, 5) is 0. The van der Waals surface area contributed by atoms with Crippen LogP contribution in [0.2, 0.25) is 10.0 Å². The molecule has 0 aliphatic carbocycles. The zero-order valence-corrected chi connectivity index (χ0v) is 15.1.